The van der Waals surface area contributed by atoms with Crippen LogP contribution in [0.3, 0.4) is 0 Å². The maximum Gasteiger partial charge on any atom is 0.321 e. The molecular formula is C16H25N3O2. The lowest BCUT2D eigenvalue weighted by molar-refractivity contribution is 0.138. The molecule has 0 unspecified atom stereocenters. The number of piperazine rings is 1. The van der Waals surface area contributed by atoms with Crippen LogP contribution in [0, 0.1) is 5.92 Å². The number of nitrogens with zero attached hydrogens (tertiary/aromatic N) is 2. The Morgan fingerprint density at radius 2 is 2.00 bits per heavy atom. The second kappa shape index (κ2) is 7.31. The van der Waals surface area contributed by atoms with E-state index in [-0.39, 0.29) is 6.03 Å². The van der Waals surface area contributed by atoms with Crippen molar-refractivity contribution in [2.75, 3.05) is 45.2 Å². The fourth-order valence-corrected chi connectivity index (χ4v) is 2.55. The third-order valence-corrected chi connectivity index (χ3v) is 3.60. The highest BCUT2D eigenvalue weighted by atomic mass is 16.5. The lowest BCUT2D eigenvalue weighted by Crippen LogP contribution is -2.50. The van der Waals surface area contributed by atoms with E-state index in [1.165, 1.54) is 0 Å². The Labute approximate surface area is 126 Å². The van der Waals surface area contributed by atoms with E-state index >= 15 is 0 Å². The first-order valence-corrected chi connectivity index (χ1v) is 7.51. The van der Waals surface area contributed by atoms with Crippen molar-refractivity contribution in [3.63, 3.8) is 0 Å². The van der Waals surface area contributed by atoms with Crippen LogP contribution < -0.4 is 10.1 Å². The van der Waals surface area contributed by atoms with E-state index in [1.54, 1.807) is 7.11 Å². The van der Waals surface area contributed by atoms with Crippen molar-refractivity contribution in [2.24, 2.45) is 5.92 Å². The Kier molecular flexibility index (Phi) is 5.44. The van der Waals surface area contributed by atoms with Crippen LogP contribution in [0.4, 0.5) is 10.5 Å². The molecule has 5 heteroatoms. The minimum atomic E-state index is -0.0348. The number of ether oxygens (including phenoxy) is 1. The van der Waals surface area contributed by atoms with Gasteiger partial charge in [-0.05, 0) is 18.1 Å². The van der Waals surface area contributed by atoms with E-state index in [0.29, 0.717) is 5.92 Å². The molecule has 1 aliphatic rings. The summed E-state index contributed by atoms with van der Waals surface area (Å²) in [5.41, 5.74) is 0.768. The number of nitrogens with one attached hydrogen (secondary N) is 1. The molecule has 2 amide bonds. The summed E-state index contributed by atoms with van der Waals surface area (Å²) < 4.78 is 5.16. The van der Waals surface area contributed by atoms with Crippen LogP contribution in [0.25, 0.3) is 0 Å². The summed E-state index contributed by atoms with van der Waals surface area (Å²) >= 11 is 0. The van der Waals surface area contributed by atoms with Gasteiger partial charge in [-0.1, -0.05) is 19.9 Å². The number of anilines is 1. The Hall–Kier alpha value is -1.75. The number of hydrogen-bond acceptors (Lipinski definition) is 3. The lowest BCUT2D eigenvalue weighted by Gasteiger charge is -2.35. The summed E-state index contributed by atoms with van der Waals surface area (Å²) in [6, 6.07) is 7.39. The van der Waals surface area contributed by atoms with Crippen LogP contribution in [0.2, 0.25) is 0 Å². The zero-order valence-electron chi connectivity index (χ0n) is 13.1. The zero-order chi connectivity index (χ0) is 15.2. The average Bonchev–Trinajstić information content (AvgIpc) is 2.47. The van der Waals surface area contributed by atoms with Crippen molar-refractivity contribution < 1.29 is 9.53 Å². The third kappa shape index (κ3) is 4.63. The van der Waals surface area contributed by atoms with Gasteiger partial charge in [0.05, 0.1) is 7.11 Å². The van der Waals surface area contributed by atoms with Crippen LogP contribution in [-0.4, -0.2) is 55.7 Å². The zero-order valence-corrected chi connectivity index (χ0v) is 13.1. The first-order valence-electron chi connectivity index (χ1n) is 7.51. The molecule has 0 radical (unpaired) electrons. The quantitative estimate of drug-likeness (QED) is 0.927. The van der Waals surface area contributed by atoms with Gasteiger partial charge in [0.25, 0.3) is 0 Å². The van der Waals surface area contributed by atoms with E-state index in [0.717, 1.165) is 44.2 Å². The number of benzene rings is 1. The van der Waals surface area contributed by atoms with Crippen molar-refractivity contribution >= 4 is 11.7 Å². The number of amides is 2. The molecule has 1 aromatic carbocycles. The first kappa shape index (κ1) is 15.6. The molecule has 5 nitrogen and oxygen atoms in total. The standard InChI is InChI=1S/C16H25N3O2/c1-13(2)12-18-7-9-19(10-8-18)16(20)17-14-5-4-6-15(11-14)21-3/h4-6,11,13H,7-10,12H2,1-3H3,(H,17,20). The minimum Gasteiger partial charge on any atom is -0.497 e. The van der Waals surface area contributed by atoms with Gasteiger partial charge in [0.2, 0.25) is 0 Å². The summed E-state index contributed by atoms with van der Waals surface area (Å²) in [6.45, 7) is 9.01. The minimum absolute atomic E-state index is 0.0348. The topological polar surface area (TPSA) is 44.8 Å². The van der Waals surface area contributed by atoms with Gasteiger partial charge in [0.1, 0.15) is 5.75 Å². The van der Waals surface area contributed by atoms with Gasteiger partial charge in [-0.25, -0.2) is 4.79 Å². The Balaban J connectivity index is 1.84. The molecule has 1 aliphatic heterocycles. The summed E-state index contributed by atoms with van der Waals surface area (Å²) in [6.07, 6.45) is 0. The highest BCUT2D eigenvalue weighted by Crippen LogP contribution is 2.17. The number of carbonyl (C=O) groups excluding carboxylic acids is 1. The second-order valence-corrected chi connectivity index (χ2v) is 5.84. The average molecular weight is 291 g/mol. The van der Waals surface area contributed by atoms with Gasteiger partial charge in [0.15, 0.2) is 0 Å². The van der Waals surface area contributed by atoms with E-state index < -0.39 is 0 Å². The number of rotatable bonds is 4. The van der Waals surface area contributed by atoms with Crippen molar-refractivity contribution in [1.82, 2.24) is 9.80 Å². The summed E-state index contributed by atoms with van der Waals surface area (Å²) in [5.74, 6) is 1.41. The highest BCUT2D eigenvalue weighted by Gasteiger charge is 2.21. The van der Waals surface area contributed by atoms with Crippen molar-refractivity contribution in [2.45, 2.75) is 13.8 Å². The normalized spacial score (nSPS) is 16.1. The van der Waals surface area contributed by atoms with Crippen LogP contribution >= 0.6 is 0 Å². The molecule has 0 bridgehead atoms. The smallest absolute Gasteiger partial charge is 0.321 e. The maximum absolute atomic E-state index is 12.3. The number of carbonyl (C=O) groups is 1. The molecule has 0 atom stereocenters. The molecule has 1 fully saturated rings. The number of urea groups is 1. The maximum atomic E-state index is 12.3. The van der Waals surface area contributed by atoms with Crippen LogP contribution in [0.15, 0.2) is 24.3 Å². The van der Waals surface area contributed by atoms with E-state index in [4.69, 9.17) is 4.74 Å². The van der Waals surface area contributed by atoms with E-state index in [2.05, 4.69) is 24.1 Å². The van der Waals surface area contributed by atoms with Crippen LogP contribution in [0.1, 0.15) is 13.8 Å². The van der Waals surface area contributed by atoms with Gasteiger partial charge in [-0.15, -0.1) is 0 Å². The molecule has 0 aromatic heterocycles. The molecule has 0 aliphatic carbocycles. The SMILES string of the molecule is COc1cccc(NC(=O)N2CCN(CC(C)C)CC2)c1. The van der Waals surface area contributed by atoms with Crippen molar-refractivity contribution in [3.8, 4) is 5.75 Å². The molecule has 1 saturated heterocycles. The van der Waals surface area contributed by atoms with Gasteiger partial charge >= 0.3 is 6.03 Å². The third-order valence-electron chi connectivity index (χ3n) is 3.60. The number of methoxy groups -OCH3 is 1. The van der Waals surface area contributed by atoms with Gasteiger partial charge in [0, 0.05) is 44.5 Å². The van der Waals surface area contributed by atoms with Gasteiger partial charge in [-0.2, -0.15) is 0 Å². The molecule has 1 N–H and O–H groups in total. The molecule has 0 spiro atoms. The van der Waals surface area contributed by atoms with Gasteiger partial charge < -0.3 is 15.0 Å². The predicted octanol–water partition coefficient (Wildman–Crippen LogP) is 2.50. The van der Waals surface area contributed by atoms with Crippen molar-refractivity contribution in [1.29, 1.82) is 0 Å². The van der Waals surface area contributed by atoms with Gasteiger partial charge in [-0.3, -0.25) is 4.90 Å². The molecule has 1 heterocycles. The monoisotopic (exact) mass is 291 g/mol. The number of hydrogen-bond donors (Lipinski definition) is 1. The van der Waals surface area contributed by atoms with Crippen molar-refractivity contribution in [3.05, 3.63) is 24.3 Å². The highest BCUT2D eigenvalue weighted by molar-refractivity contribution is 5.89. The predicted molar refractivity (Wildman–Crippen MR) is 84.9 cm³/mol. The fourth-order valence-electron chi connectivity index (χ4n) is 2.55. The molecule has 21 heavy (non-hydrogen) atoms. The lowest BCUT2D eigenvalue weighted by atomic mass is 10.2. The Bertz CT molecular complexity index is 468. The summed E-state index contributed by atoms with van der Waals surface area (Å²) in [5, 5.41) is 2.93. The second-order valence-electron chi connectivity index (χ2n) is 5.84. The van der Waals surface area contributed by atoms with Crippen LogP contribution in [-0.2, 0) is 0 Å². The molecule has 116 valence electrons. The van der Waals surface area contributed by atoms with Crippen LogP contribution in [0.5, 0.6) is 5.75 Å². The fraction of sp³-hybridized carbons (Fsp3) is 0.562. The van der Waals surface area contributed by atoms with E-state index in [1.807, 2.05) is 29.2 Å². The Morgan fingerprint density at radius 1 is 1.29 bits per heavy atom. The molecule has 0 saturated carbocycles. The summed E-state index contributed by atoms with van der Waals surface area (Å²) in [7, 11) is 1.62. The molecule has 2 rings (SSSR count). The summed E-state index contributed by atoms with van der Waals surface area (Å²) in [4.78, 5) is 16.5. The Morgan fingerprint density at radius 3 is 2.62 bits per heavy atom. The van der Waals surface area contributed by atoms with E-state index in [9.17, 15) is 4.79 Å². The first-order chi connectivity index (χ1) is 10.1. The molecule has 1 aromatic rings. The molecular weight excluding hydrogens is 266 g/mol. The largest absolute Gasteiger partial charge is 0.497 e.